The lowest BCUT2D eigenvalue weighted by Gasteiger charge is -2.10. The molecule has 0 bridgehead atoms. The molecular weight excluding hydrogens is 411 g/mol. The molecule has 0 aliphatic heterocycles. The van der Waals surface area contributed by atoms with E-state index in [4.69, 9.17) is 9.26 Å². The molecule has 1 amide bonds. The number of amides is 1. The van der Waals surface area contributed by atoms with Gasteiger partial charge in [0.2, 0.25) is 0 Å². The Morgan fingerprint density at radius 1 is 1.16 bits per heavy atom. The molecule has 1 N–H and O–H groups in total. The molecule has 0 aliphatic rings. The summed E-state index contributed by atoms with van der Waals surface area (Å²) in [5.74, 6) is 0.796. The molecule has 32 heavy (non-hydrogen) atoms. The fraction of sp³-hybridized carbons (Fsp3) is 0.208. The topological polar surface area (TPSA) is 82.2 Å². The van der Waals surface area contributed by atoms with E-state index in [2.05, 4.69) is 15.6 Å². The summed E-state index contributed by atoms with van der Waals surface area (Å²) in [5, 5.41) is 10.9. The molecule has 8 heteroatoms. The lowest BCUT2D eigenvalue weighted by molar-refractivity contribution is 0.101. The predicted molar refractivity (Wildman–Crippen MR) is 117 cm³/mol. The number of carbonyl (C=O) groups is 1. The standard InChI is InChI=1S/C24H23FN4O3/c1-15-8-9-21(16(2)12-15)31-14-19-17(3)32-28-23(19)24(30)26-22-10-11-29(27-22)13-18-6-4-5-7-20(18)25/h4-12H,13-14H2,1-3H3,(H,26,27,30). The average molecular weight is 434 g/mol. The van der Waals surface area contributed by atoms with Crippen LogP contribution in [0.4, 0.5) is 10.2 Å². The number of anilines is 1. The third-order valence-corrected chi connectivity index (χ3v) is 5.07. The van der Waals surface area contributed by atoms with Crippen LogP contribution in [0.15, 0.2) is 59.3 Å². The van der Waals surface area contributed by atoms with Crippen LogP contribution in [0.5, 0.6) is 5.75 Å². The van der Waals surface area contributed by atoms with Crippen LogP contribution in [-0.2, 0) is 13.2 Å². The van der Waals surface area contributed by atoms with Gasteiger partial charge in [-0.1, -0.05) is 41.1 Å². The van der Waals surface area contributed by atoms with Crippen LogP contribution in [0.25, 0.3) is 0 Å². The average Bonchev–Trinajstić information content (AvgIpc) is 3.35. The molecule has 4 rings (SSSR count). The zero-order valence-electron chi connectivity index (χ0n) is 18.1. The number of nitrogens with one attached hydrogen (secondary N) is 1. The van der Waals surface area contributed by atoms with Crippen LogP contribution < -0.4 is 10.1 Å². The van der Waals surface area contributed by atoms with E-state index in [1.165, 1.54) is 6.07 Å². The Morgan fingerprint density at radius 3 is 2.75 bits per heavy atom. The highest BCUT2D eigenvalue weighted by Crippen LogP contribution is 2.22. The van der Waals surface area contributed by atoms with Crippen molar-refractivity contribution in [3.05, 3.63) is 94.3 Å². The molecule has 2 heterocycles. The molecule has 0 atom stereocenters. The maximum absolute atomic E-state index is 13.9. The van der Waals surface area contributed by atoms with Crippen molar-refractivity contribution in [1.29, 1.82) is 0 Å². The minimum atomic E-state index is -0.461. The van der Waals surface area contributed by atoms with Crippen LogP contribution in [0, 0.1) is 26.6 Å². The van der Waals surface area contributed by atoms with E-state index in [-0.39, 0.29) is 24.7 Å². The zero-order valence-corrected chi connectivity index (χ0v) is 18.1. The molecule has 164 valence electrons. The summed E-state index contributed by atoms with van der Waals surface area (Å²) in [6.45, 7) is 6.10. The molecule has 0 saturated carbocycles. The molecule has 2 aromatic carbocycles. The first kappa shape index (κ1) is 21.3. The van der Waals surface area contributed by atoms with Gasteiger partial charge in [0, 0.05) is 17.8 Å². The highest BCUT2D eigenvalue weighted by Gasteiger charge is 2.21. The highest BCUT2D eigenvalue weighted by molar-refractivity contribution is 6.03. The Bertz CT molecular complexity index is 1260. The van der Waals surface area contributed by atoms with Crippen LogP contribution in [0.2, 0.25) is 0 Å². The van der Waals surface area contributed by atoms with Crippen LogP contribution >= 0.6 is 0 Å². The Hall–Kier alpha value is -3.94. The normalized spacial score (nSPS) is 10.9. The first-order chi connectivity index (χ1) is 15.4. The van der Waals surface area contributed by atoms with Crippen molar-refractivity contribution in [2.45, 2.75) is 33.9 Å². The summed E-state index contributed by atoms with van der Waals surface area (Å²) >= 11 is 0. The van der Waals surface area contributed by atoms with Crippen molar-refractivity contribution in [3.8, 4) is 5.75 Å². The molecule has 7 nitrogen and oxygen atoms in total. The van der Waals surface area contributed by atoms with E-state index in [0.29, 0.717) is 22.7 Å². The van der Waals surface area contributed by atoms with E-state index in [1.807, 2.05) is 32.0 Å². The first-order valence-electron chi connectivity index (χ1n) is 10.1. The minimum absolute atomic E-state index is 0.135. The van der Waals surface area contributed by atoms with Crippen molar-refractivity contribution >= 4 is 11.7 Å². The predicted octanol–water partition coefficient (Wildman–Crippen LogP) is 4.82. The SMILES string of the molecule is Cc1ccc(OCc2c(C(=O)Nc3ccn(Cc4ccccc4F)n3)noc2C)c(C)c1. The van der Waals surface area contributed by atoms with Crippen LogP contribution in [-0.4, -0.2) is 20.8 Å². The molecule has 4 aromatic rings. The van der Waals surface area contributed by atoms with E-state index in [1.54, 1.807) is 42.1 Å². The second-order valence-electron chi connectivity index (χ2n) is 7.57. The smallest absolute Gasteiger partial charge is 0.279 e. The molecular formula is C24H23FN4O3. The van der Waals surface area contributed by atoms with Gasteiger partial charge in [0.15, 0.2) is 11.5 Å². The summed E-state index contributed by atoms with van der Waals surface area (Å²) in [5.41, 5.74) is 3.35. The van der Waals surface area contributed by atoms with Crippen molar-refractivity contribution in [2.24, 2.45) is 0 Å². The maximum atomic E-state index is 13.9. The van der Waals surface area contributed by atoms with Crippen molar-refractivity contribution in [2.75, 3.05) is 5.32 Å². The molecule has 2 aromatic heterocycles. The first-order valence-corrected chi connectivity index (χ1v) is 10.1. The van der Waals surface area contributed by atoms with Crippen molar-refractivity contribution in [1.82, 2.24) is 14.9 Å². The van der Waals surface area contributed by atoms with Gasteiger partial charge in [-0.05, 0) is 38.5 Å². The second kappa shape index (κ2) is 9.05. The number of nitrogens with zero attached hydrogens (tertiary/aromatic N) is 3. The molecule has 0 fully saturated rings. The third-order valence-electron chi connectivity index (χ3n) is 5.07. The summed E-state index contributed by atoms with van der Waals surface area (Å²) in [7, 11) is 0. The van der Waals surface area contributed by atoms with E-state index < -0.39 is 5.91 Å². The van der Waals surface area contributed by atoms with Gasteiger partial charge in [-0.2, -0.15) is 5.10 Å². The monoisotopic (exact) mass is 434 g/mol. The molecule has 0 saturated heterocycles. The summed E-state index contributed by atoms with van der Waals surface area (Å²) < 4.78 is 26.5. The second-order valence-corrected chi connectivity index (χ2v) is 7.57. The number of halogens is 1. The molecule has 0 radical (unpaired) electrons. The van der Waals surface area contributed by atoms with Gasteiger partial charge in [-0.3, -0.25) is 9.48 Å². The largest absolute Gasteiger partial charge is 0.488 e. The molecule has 0 aliphatic carbocycles. The van der Waals surface area contributed by atoms with Gasteiger partial charge < -0.3 is 14.6 Å². The number of rotatable bonds is 7. The Balaban J connectivity index is 1.44. The van der Waals surface area contributed by atoms with Gasteiger partial charge in [0.05, 0.1) is 12.1 Å². The number of aryl methyl sites for hydroxylation is 3. The summed E-state index contributed by atoms with van der Waals surface area (Å²) in [4.78, 5) is 12.8. The van der Waals surface area contributed by atoms with Crippen molar-refractivity contribution < 1.29 is 18.4 Å². The van der Waals surface area contributed by atoms with E-state index in [9.17, 15) is 9.18 Å². The number of carbonyl (C=O) groups excluding carboxylic acids is 1. The quantitative estimate of drug-likeness (QED) is 0.451. The maximum Gasteiger partial charge on any atom is 0.279 e. The number of hydrogen-bond donors (Lipinski definition) is 1. The molecule has 0 unspecified atom stereocenters. The number of benzene rings is 2. The fourth-order valence-electron chi connectivity index (χ4n) is 3.34. The number of hydrogen-bond acceptors (Lipinski definition) is 5. The lowest BCUT2D eigenvalue weighted by atomic mass is 10.1. The summed E-state index contributed by atoms with van der Waals surface area (Å²) in [6, 6.07) is 14.0. The third kappa shape index (κ3) is 4.69. The Morgan fingerprint density at radius 2 is 1.97 bits per heavy atom. The van der Waals surface area contributed by atoms with Gasteiger partial charge in [-0.25, -0.2) is 4.39 Å². The van der Waals surface area contributed by atoms with Gasteiger partial charge in [-0.15, -0.1) is 0 Å². The van der Waals surface area contributed by atoms with E-state index >= 15 is 0 Å². The number of aromatic nitrogens is 3. The zero-order chi connectivity index (χ0) is 22.7. The van der Waals surface area contributed by atoms with Crippen LogP contribution in [0.3, 0.4) is 0 Å². The Labute approximate surface area is 184 Å². The lowest BCUT2D eigenvalue weighted by Crippen LogP contribution is -2.16. The fourth-order valence-corrected chi connectivity index (χ4v) is 3.34. The van der Waals surface area contributed by atoms with Crippen molar-refractivity contribution in [3.63, 3.8) is 0 Å². The summed E-state index contributed by atoms with van der Waals surface area (Å²) in [6.07, 6.45) is 1.67. The highest BCUT2D eigenvalue weighted by atomic mass is 19.1. The molecule has 0 spiro atoms. The van der Waals surface area contributed by atoms with Gasteiger partial charge in [0.1, 0.15) is 23.9 Å². The number of ether oxygens (including phenoxy) is 1. The van der Waals surface area contributed by atoms with Gasteiger partial charge >= 0.3 is 0 Å². The van der Waals surface area contributed by atoms with Gasteiger partial charge in [0.25, 0.3) is 5.91 Å². The Kier molecular flexibility index (Phi) is 6.02. The van der Waals surface area contributed by atoms with Crippen LogP contribution in [0.1, 0.15) is 38.5 Å². The van der Waals surface area contributed by atoms with E-state index in [0.717, 1.165) is 16.9 Å². The minimum Gasteiger partial charge on any atom is -0.488 e.